The van der Waals surface area contributed by atoms with Crippen molar-refractivity contribution < 1.29 is 9.59 Å². The minimum absolute atomic E-state index is 0.0469. The number of fused-ring (bicyclic) bond motifs is 1. The van der Waals surface area contributed by atoms with E-state index in [9.17, 15) is 9.59 Å². The van der Waals surface area contributed by atoms with Gasteiger partial charge in [-0.25, -0.2) is 9.97 Å². The van der Waals surface area contributed by atoms with Gasteiger partial charge in [0.1, 0.15) is 5.82 Å². The minimum atomic E-state index is -0.615. The van der Waals surface area contributed by atoms with Gasteiger partial charge in [0.2, 0.25) is 5.78 Å². The van der Waals surface area contributed by atoms with Crippen molar-refractivity contribution in [2.75, 3.05) is 11.1 Å². The summed E-state index contributed by atoms with van der Waals surface area (Å²) in [4.78, 5) is 34.2. The first-order chi connectivity index (χ1) is 13.9. The third kappa shape index (κ3) is 3.91. The van der Waals surface area contributed by atoms with Gasteiger partial charge < -0.3 is 11.1 Å². The number of anilines is 2. The van der Waals surface area contributed by atoms with E-state index in [4.69, 9.17) is 5.73 Å². The Labute approximate surface area is 172 Å². The number of aromatic nitrogens is 2. The topological polar surface area (TPSA) is 98.0 Å². The first-order valence-corrected chi connectivity index (χ1v) is 10.4. The van der Waals surface area contributed by atoms with Crippen molar-refractivity contribution in [1.82, 2.24) is 9.97 Å². The third-order valence-corrected chi connectivity index (χ3v) is 6.28. The molecule has 0 saturated heterocycles. The van der Waals surface area contributed by atoms with E-state index in [1.54, 1.807) is 24.3 Å². The second kappa shape index (κ2) is 7.75. The Bertz CT molecular complexity index is 1130. The number of benzene rings is 1. The van der Waals surface area contributed by atoms with E-state index < -0.39 is 17.6 Å². The summed E-state index contributed by atoms with van der Waals surface area (Å²) in [5.41, 5.74) is 11.9. The Morgan fingerprint density at radius 3 is 2.83 bits per heavy atom. The summed E-state index contributed by atoms with van der Waals surface area (Å²) < 4.78 is 1.11. The van der Waals surface area contributed by atoms with Crippen LogP contribution in [0.1, 0.15) is 36.8 Å². The number of rotatable bonds is 4. The molecule has 1 aromatic carbocycles. The zero-order valence-electron chi connectivity index (χ0n) is 16.3. The second-order valence-electron chi connectivity index (χ2n) is 7.53. The van der Waals surface area contributed by atoms with Crippen molar-refractivity contribution in [2.24, 2.45) is 5.92 Å². The largest absolute Gasteiger partial charge is 0.383 e. The van der Waals surface area contributed by atoms with Crippen LogP contribution in [-0.2, 0) is 9.59 Å². The number of nitrogens with two attached hydrogens (primary N) is 1. The van der Waals surface area contributed by atoms with E-state index in [-0.39, 0.29) is 5.92 Å². The molecule has 2 aromatic heterocycles. The maximum absolute atomic E-state index is 13.1. The van der Waals surface area contributed by atoms with Crippen LogP contribution in [0.2, 0.25) is 0 Å². The number of ketones is 1. The Morgan fingerprint density at radius 2 is 2.03 bits per heavy atom. The highest BCUT2D eigenvalue weighted by atomic mass is 32.1. The van der Waals surface area contributed by atoms with Gasteiger partial charge in [-0.05, 0) is 61.9 Å². The third-order valence-electron chi connectivity index (χ3n) is 5.47. The maximum Gasteiger partial charge on any atom is 0.292 e. The van der Waals surface area contributed by atoms with Gasteiger partial charge in [0, 0.05) is 5.92 Å². The van der Waals surface area contributed by atoms with Crippen LogP contribution < -0.4 is 11.1 Å². The molecule has 4 rings (SSSR count). The van der Waals surface area contributed by atoms with E-state index >= 15 is 0 Å². The lowest BCUT2D eigenvalue weighted by atomic mass is 9.74. The molecule has 0 radical (unpaired) electrons. The summed E-state index contributed by atoms with van der Waals surface area (Å²) in [6.45, 7) is 3.81. The monoisotopic (exact) mass is 406 g/mol. The fourth-order valence-corrected chi connectivity index (χ4v) is 4.49. The lowest BCUT2D eigenvalue weighted by Crippen LogP contribution is -2.34. The first-order valence-electron chi connectivity index (χ1n) is 9.48. The van der Waals surface area contributed by atoms with Crippen LogP contribution >= 0.6 is 11.3 Å². The normalized spacial score (nSPS) is 19.0. The van der Waals surface area contributed by atoms with Gasteiger partial charge in [-0.2, -0.15) is 0 Å². The Kier molecular flexibility index (Phi) is 5.15. The number of nitrogen functional groups attached to an aromatic ring is 1. The number of hydrogen-bond acceptors (Lipinski definition) is 6. The second-order valence-corrected chi connectivity index (χ2v) is 8.41. The average molecular weight is 407 g/mol. The van der Waals surface area contributed by atoms with Crippen LogP contribution in [0.25, 0.3) is 10.2 Å². The quantitative estimate of drug-likeness (QED) is 0.499. The number of carbonyl (C=O) groups excluding carboxylic acids is 2. The molecule has 3 N–H and O–H groups in total. The van der Waals surface area contributed by atoms with E-state index in [2.05, 4.69) is 21.4 Å². The van der Waals surface area contributed by atoms with Crippen molar-refractivity contribution >= 4 is 44.7 Å². The number of nitrogens with one attached hydrogen (secondary N) is 1. The molecule has 0 aliphatic heterocycles. The van der Waals surface area contributed by atoms with Gasteiger partial charge in [-0.1, -0.05) is 17.7 Å². The molecular formula is C22H22N4O2S. The molecule has 0 bridgehead atoms. The number of allylic oxidation sites excluding steroid dienone is 2. The molecule has 148 valence electrons. The number of nitrogens with zero attached hydrogens (tertiary/aromatic N) is 2. The van der Waals surface area contributed by atoms with Crippen LogP contribution in [0.4, 0.5) is 11.5 Å². The molecule has 2 atom stereocenters. The molecule has 1 aliphatic carbocycles. The van der Waals surface area contributed by atoms with Crippen LogP contribution in [0.15, 0.2) is 47.6 Å². The molecule has 7 heteroatoms. The predicted octanol–water partition coefficient (Wildman–Crippen LogP) is 4.23. The molecule has 1 amide bonds. The number of amides is 1. The van der Waals surface area contributed by atoms with Gasteiger partial charge in [-0.3, -0.25) is 9.59 Å². The Hall–Kier alpha value is -3.06. The van der Waals surface area contributed by atoms with Crippen LogP contribution in [0.3, 0.4) is 0 Å². The Morgan fingerprint density at radius 1 is 1.21 bits per heavy atom. The van der Waals surface area contributed by atoms with E-state index in [0.717, 1.165) is 33.3 Å². The zero-order chi connectivity index (χ0) is 20.5. The summed E-state index contributed by atoms with van der Waals surface area (Å²) >= 11 is 1.59. The van der Waals surface area contributed by atoms with Gasteiger partial charge in [0.05, 0.1) is 27.6 Å². The van der Waals surface area contributed by atoms with Crippen molar-refractivity contribution in [3.8, 4) is 0 Å². The summed E-state index contributed by atoms with van der Waals surface area (Å²) in [5.74, 6) is -1.07. The lowest BCUT2D eigenvalue weighted by Gasteiger charge is -2.29. The summed E-state index contributed by atoms with van der Waals surface area (Å²) in [5, 5.41) is 2.68. The maximum atomic E-state index is 13.1. The lowest BCUT2D eigenvalue weighted by molar-refractivity contribution is -0.137. The summed E-state index contributed by atoms with van der Waals surface area (Å²) in [7, 11) is 0. The fraction of sp³-hybridized carbons (Fsp3) is 0.273. The zero-order valence-corrected chi connectivity index (χ0v) is 17.1. The van der Waals surface area contributed by atoms with Crippen molar-refractivity contribution in [2.45, 2.75) is 32.6 Å². The van der Waals surface area contributed by atoms with Gasteiger partial charge in [0.15, 0.2) is 0 Å². The number of aryl methyl sites for hydroxylation is 1. The van der Waals surface area contributed by atoms with Crippen molar-refractivity contribution in [3.63, 3.8) is 0 Å². The smallest absolute Gasteiger partial charge is 0.292 e. The Balaban J connectivity index is 1.59. The molecular weight excluding hydrogens is 384 g/mol. The van der Waals surface area contributed by atoms with E-state index in [0.29, 0.717) is 17.9 Å². The van der Waals surface area contributed by atoms with Crippen LogP contribution in [0.5, 0.6) is 0 Å². The van der Waals surface area contributed by atoms with E-state index in [1.165, 1.54) is 6.20 Å². The fourth-order valence-electron chi connectivity index (χ4n) is 3.83. The standard InChI is InChI=1S/C22H22N4O2S/c1-12-3-5-16(14-4-6-19-18(9-14)25-11-29-19)17(7-12)20(27)22(28)26-15-8-13(2)21(23)24-10-15/h3-4,6,8-11,16-17H,5,7H2,1-2H3,(H2,23,24)(H,26,28). The van der Waals surface area contributed by atoms with E-state index in [1.807, 2.05) is 30.6 Å². The summed E-state index contributed by atoms with van der Waals surface area (Å²) in [6.07, 6.45) is 4.93. The molecule has 6 nitrogen and oxygen atoms in total. The molecule has 0 saturated carbocycles. The number of thiazole rings is 1. The molecule has 0 spiro atoms. The van der Waals surface area contributed by atoms with Gasteiger partial charge in [0.25, 0.3) is 5.91 Å². The number of Topliss-reactive ketones (excluding diaryl/α,β-unsaturated/α-hetero) is 1. The first kappa shape index (κ1) is 19.3. The highest BCUT2D eigenvalue weighted by Crippen LogP contribution is 2.39. The molecule has 29 heavy (non-hydrogen) atoms. The van der Waals surface area contributed by atoms with Crippen molar-refractivity contribution in [3.05, 3.63) is 58.7 Å². The van der Waals surface area contributed by atoms with Crippen LogP contribution in [0, 0.1) is 12.8 Å². The molecule has 0 fully saturated rings. The molecule has 3 aromatic rings. The highest BCUT2D eigenvalue weighted by Gasteiger charge is 2.35. The number of hydrogen-bond donors (Lipinski definition) is 2. The molecule has 2 unspecified atom stereocenters. The van der Waals surface area contributed by atoms with Gasteiger partial charge >= 0.3 is 0 Å². The van der Waals surface area contributed by atoms with Crippen LogP contribution in [-0.4, -0.2) is 21.7 Å². The highest BCUT2D eigenvalue weighted by molar-refractivity contribution is 7.16. The average Bonchev–Trinajstić information content (AvgIpc) is 3.18. The number of pyridine rings is 1. The molecule has 1 aliphatic rings. The minimum Gasteiger partial charge on any atom is -0.383 e. The number of carbonyl (C=O) groups is 2. The predicted molar refractivity (Wildman–Crippen MR) is 116 cm³/mol. The molecule has 2 heterocycles. The summed E-state index contributed by atoms with van der Waals surface area (Å²) in [6, 6.07) is 7.84. The SMILES string of the molecule is CC1=CCC(c2ccc3scnc3c2)C(C(=O)C(=O)Nc2cnc(N)c(C)c2)C1. The van der Waals surface area contributed by atoms with Gasteiger partial charge in [-0.15, -0.1) is 11.3 Å². The van der Waals surface area contributed by atoms with Crippen molar-refractivity contribution in [1.29, 1.82) is 0 Å².